The molecule has 9 nitrogen and oxygen atoms in total. The monoisotopic (exact) mass is 529 g/mol. The third-order valence-electron chi connectivity index (χ3n) is 6.06. The minimum Gasteiger partial charge on any atom is -0.368 e. The molecule has 0 saturated carbocycles. The Morgan fingerprint density at radius 3 is 2.37 bits per heavy atom. The van der Waals surface area contributed by atoms with Crippen LogP contribution in [0.5, 0.6) is 0 Å². The molecule has 0 bridgehead atoms. The van der Waals surface area contributed by atoms with E-state index in [2.05, 4.69) is 16.0 Å². The Morgan fingerprint density at radius 1 is 1.08 bits per heavy atom. The van der Waals surface area contributed by atoms with Gasteiger partial charge in [-0.1, -0.05) is 51.1 Å². The molecular formula is C27H33F2N5O4. The zero-order valence-corrected chi connectivity index (χ0v) is 21.6. The molecule has 2 aromatic rings. The Kier molecular flexibility index (Phi) is 9.03. The normalized spacial score (nSPS) is 18.0. The Hall–Kier alpha value is -4.02. The van der Waals surface area contributed by atoms with Crippen molar-refractivity contribution in [3.05, 3.63) is 65.7 Å². The maximum atomic E-state index is 13.9. The highest BCUT2D eigenvalue weighted by molar-refractivity contribution is 5.93. The first-order valence-electron chi connectivity index (χ1n) is 12.3. The smallest absolute Gasteiger partial charge is 0.319 e. The number of primary amides is 1. The summed E-state index contributed by atoms with van der Waals surface area (Å²) in [6.07, 6.45) is 0.398. The van der Waals surface area contributed by atoms with Gasteiger partial charge in [0.25, 0.3) is 0 Å². The molecule has 3 atom stereocenters. The van der Waals surface area contributed by atoms with Crippen molar-refractivity contribution < 1.29 is 28.0 Å². The van der Waals surface area contributed by atoms with Gasteiger partial charge in [-0.2, -0.15) is 0 Å². The van der Waals surface area contributed by atoms with Gasteiger partial charge in [0.2, 0.25) is 17.7 Å². The summed E-state index contributed by atoms with van der Waals surface area (Å²) in [5.74, 6) is -3.30. The maximum Gasteiger partial charge on any atom is 0.319 e. The molecular weight excluding hydrogens is 496 g/mol. The number of nitrogens with one attached hydrogen (secondary N) is 3. The number of nitrogens with zero attached hydrogens (tertiary/aromatic N) is 1. The van der Waals surface area contributed by atoms with Gasteiger partial charge in [0.05, 0.1) is 11.7 Å². The lowest BCUT2D eigenvalue weighted by atomic mass is 9.91. The lowest BCUT2D eigenvalue weighted by Gasteiger charge is -2.28. The number of hydrogen-bond donors (Lipinski definition) is 4. The van der Waals surface area contributed by atoms with Crippen LogP contribution in [0.3, 0.4) is 0 Å². The minimum absolute atomic E-state index is 0.0340. The molecule has 1 aliphatic heterocycles. The van der Waals surface area contributed by atoms with E-state index in [1.807, 2.05) is 26.8 Å². The van der Waals surface area contributed by atoms with Gasteiger partial charge in [-0.15, -0.1) is 0 Å². The first-order chi connectivity index (χ1) is 17.8. The van der Waals surface area contributed by atoms with Gasteiger partial charge in [0, 0.05) is 25.5 Å². The van der Waals surface area contributed by atoms with Crippen LogP contribution in [-0.2, 0) is 20.8 Å². The largest absolute Gasteiger partial charge is 0.368 e. The molecule has 5 N–H and O–H groups in total. The summed E-state index contributed by atoms with van der Waals surface area (Å²) in [6.45, 7) is 5.70. The zero-order chi connectivity index (χ0) is 28.0. The molecule has 0 aromatic heterocycles. The van der Waals surface area contributed by atoms with E-state index in [0.717, 1.165) is 17.7 Å². The summed E-state index contributed by atoms with van der Waals surface area (Å²) >= 11 is 0. The molecule has 1 aliphatic rings. The molecule has 11 heteroatoms. The van der Waals surface area contributed by atoms with Gasteiger partial charge >= 0.3 is 6.03 Å². The van der Waals surface area contributed by atoms with Crippen molar-refractivity contribution in [3.63, 3.8) is 0 Å². The molecule has 0 aliphatic carbocycles. The fraction of sp³-hybridized carbons (Fsp3) is 0.407. The van der Waals surface area contributed by atoms with Gasteiger partial charge in [-0.05, 0) is 29.5 Å². The first-order valence-corrected chi connectivity index (χ1v) is 12.3. The van der Waals surface area contributed by atoms with Gasteiger partial charge in [-0.3, -0.25) is 14.4 Å². The molecule has 1 heterocycles. The fourth-order valence-corrected chi connectivity index (χ4v) is 4.30. The second kappa shape index (κ2) is 12.0. The van der Waals surface area contributed by atoms with Crippen LogP contribution in [0.25, 0.3) is 0 Å². The second-order valence-electron chi connectivity index (χ2n) is 10.6. The molecule has 1 saturated heterocycles. The number of hydrogen-bond acceptors (Lipinski definition) is 4. The van der Waals surface area contributed by atoms with Crippen LogP contribution in [0.2, 0.25) is 0 Å². The van der Waals surface area contributed by atoms with E-state index in [-0.39, 0.29) is 42.8 Å². The summed E-state index contributed by atoms with van der Waals surface area (Å²) in [5, 5.41) is 7.61. The summed E-state index contributed by atoms with van der Waals surface area (Å²) < 4.78 is 27.1. The molecule has 204 valence electrons. The third-order valence-corrected chi connectivity index (χ3v) is 6.06. The number of benzene rings is 2. The Balaban J connectivity index is 1.73. The number of likely N-dealkylation sites (tertiary alicyclic amines) is 1. The zero-order valence-electron chi connectivity index (χ0n) is 21.6. The quantitative estimate of drug-likeness (QED) is 0.418. The van der Waals surface area contributed by atoms with E-state index < -0.39 is 47.6 Å². The predicted octanol–water partition coefficient (Wildman–Crippen LogP) is 2.70. The van der Waals surface area contributed by atoms with E-state index in [1.54, 1.807) is 24.3 Å². The molecule has 38 heavy (non-hydrogen) atoms. The number of nitrogens with two attached hydrogens (primary N) is 1. The van der Waals surface area contributed by atoms with Crippen LogP contribution in [-0.4, -0.2) is 53.3 Å². The van der Waals surface area contributed by atoms with Crippen molar-refractivity contribution >= 4 is 29.4 Å². The number of carbonyl (C=O) groups is 4. The SMILES string of the molecule is CC(C)(C)CC(=O)N1C[C@@H](NC(=O)Nc2ccc(F)cc2F)C[C@H]1C(=O)N[C@H](Cc1ccccc1)C(N)=O. The van der Waals surface area contributed by atoms with Crippen LogP contribution in [0.1, 0.15) is 39.2 Å². The summed E-state index contributed by atoms with van der Waals surface area (Å²) in [7, 11) is 0. The standard InChI is InChI=1S/C27H33F2N5O4/c1-27(2,3)14-23(35)34-15-18(31-26(38)33-20-10-9-17(28)12-19(20)29)13-22(34)25(37)32-21(24(30)36)11-16-7-5-4-6-8-16/h4-10,12,18,21-22H,11,13-15H2,1-3H3,(H2,30,36)(H,32,37)(H2,31,33,38)/t18-,21+,22-/m0/s1. The summed E-state index contributed by atoms with van der Waals surface area (Å²) in [5.41, 5.74) is 5.77. The highest BCUT2D eigenvalue weighted by Crippen LogP contribution is 2.26. The molecule has 5 amide bonds. The molecule has 0 unspecified atom stereocenters. The predicted molar refractivity (Wildman–Crippen MR) is 138 cm³/mol. The Bertz CT molecular complexity index is 1190. The average Bonchev–Trinajstić information content (AvgIpc) is 3.24. The van der Waals surface area contributed by atoms with Crippen molar-refractivity contribution in [2.24, 2.45) is 11.1 Å². The van der Waals surface area contributed by atoms with Crippen molar-refractivity contribution in [1.82, 2.24) is 15.5 Å². The van der Waals surface area contributed by atoms with Gasteiger partial charge < -0.3 is 26.6 Å². The topological polar surface area (TPSA) is 134 Å². The van der Waals surface area contributed by atoms with Crippen molar-refractivity contribution in [2.45, 2.75) is 58.2 Å². The lowest BCUT2D eigenvalue weighted by molar-refractivity contribution is -0.140. The van der Waals surface area contributed by atoms with Crippen LogP contribution >= 0.6 is 0 Å². The molecule has 3 rings (SSSR count). The van der Waals surface area contributed by atoms with Crippen LogP contribution in [0.15, 0.2) is 48.5 Å². The average molecular weight is 530 g/mol. The van der Waals surface area contributed by atoms with Crippen LogP contribution in [0, 0.1) is 17.0 Å². The molecule has 1 fully saturated rings. The van der Waals surface area contributed by atoms with Gasteiger partial charge in [0.1, 0.15) is 23.7 Å². The number of carbonyl (C=O) groups excluding carboxylic acids is 4. The van der Waals surface area contributed by atoms with E-state index in [0.29, 0.717) is 6.07 Å². The van der Waals surface area contributed by atoms with E-state index in [9.17, 15) is 28.0 Å². The number of anilines is 1. The van der Waals surface area contributed by atoms with Crippen LogP contribution in [0.4, 0.5) is 19.3 Å². The number of rotatable bonds is 8. The van der Waals surface area contributed by atoms with Crippen LogP contribution < -0.4 is 21.7 Å². The van der Waals surface area contributed by atoms with E-state index >= 15 is 0 Å². The highest BCUT2D eigenvalue weighted by atomic mass is 19.1. The Labute approximate surface area is 220 Å². The van der Waals surface area contributed by atoms with E-state index in [4.69, 9.17) is 5.73 Å². The van der Waals surface area contributed by atoms with Gasteiger partial charge in [-0.25, -0.2) is 13.6 Å². The second-order valence-corrected chi connectivity index (χ2v) is 10.6. The van der Waals surface area contributed by atoms with E-state index in [1.165, 1.54) is 4.90 Å². The molecule has 0 spiro atoms. The van der Waals surface area contributed by atoms with Crippen molar-refractivity contribution in [2.75, 3.05) is 11.9 Å². The maximum absolute atomic E-state index is 13.9. The van der Waals surface area contributed by atoms with Gasteiger partial charge in [0.15, 0.2) is 0 Å². The third kappa shape index (κ3) is 7.99. The summed E-state index contributed by atoms with van der Waals surface area (Å²) in [6, 6.07) is 8.40. The number of urea groups is 1. The highest BCUT2D eigenvalue weighted by Gasteiger charge is 2.41. The fourth-order valence-electron chi connectivity index (χ4n) is 4.30. The minimum atomic E-state index is -0.999. The summed E-state index contributed by atoms with van der Waals surface area (Å²) in [4.78, 5) is 52.4. The lowest BCUT2D eigenvalue weighted by Crippen LogP contribution is -2.53. The molecule has 2 aromatic carbocycles. The number of halogens is 2. The van der Waals surface area contributed by atoms with Crippen molar-refractivity contribution in [1.29, 1.82) is 0 Å². The Morgan fingerprint density at radius 2 is 1.76 bits per heavy atom. The van der Waals surface area contributed by atoms with Crippen molar-refractivity contribution in [3.8, 4) is 0 Å². The number of amides is 5. The molecule has 0 radical (unpaired) electrons. The first kappa shape index (κ1) is 28.5.